The number of hydrogen-bond acceptors (Lipinski definition) is 5. The number of carbonyl (C=O) groups is 2. The fourth-order valence-corrected chi connectivity index (χ4v) is 3.85. The van der Waals surface area contributed by atoms with Crippen LogP contribution in [0, 0.1) is 0 Å². The van der Waals surface area contributed by atoms with Crippen molar-refractivity contribution >= 4 is 17.5 Å². The van der Waals surface area contributed by atoms with Crippen molar-refractivity contribution in [3.63, 3.8) is 0 Å². The molecule has 0 aliphatic carbocycles. The highest BCUT2D eigenvalue weighted by Gasteiger charge is 2.31. The van der Waals surface area contributed by atoms with Crippen molar-refractivity contribution in [1.29, 1.82) is 0 Å². The Morgan fingerprint density at radius 1 is 1.24 bits per heavy atom. The van der Waals surface area contributed by atoms with Crippen LogP contribution in [0.5, 0.6) is 5.75 Å². The first kappa shape index (κ1) is 23.5. The lowest BCUT2D eigenvalue weighted by Gasteiger charge is -2.21. The van der Waals surface area contributed by atoms with E-state index in [1.54, 1.807) is 20.9 Å². The van der Waals surface area contributed by atoms with E-state index in [9.17, 15) is 14.7 Å². The molecule has 0 unspecified atom stereocenters. The monoisotopic (exact) mass is 462 g/mol. The predicted octanol–water partition coefficient (Wildman–Crippen LogP) is 2.86. The molecule has 0 spiro atoms. The van der Waals surface area contributed by atoms with Crippen LogP contribution >= 0.6 is 0 Å². The number of aliphatic hydroxyl groups is 1. The van der Waals surface area contributed by atoms with Gasteiger partial charge in [-0.05, 0) is 49.9 Å². The van der Waals surface area contributed by atoms with E-state index in [-0.39, 0.29) is 18.2 Å². The van der Waals surface area contributed by atoms with Crippen LogP contribution < -0.4 is 15.0 Å². The minimum atomic E-state index is -0.842. The predicted molar refractivity (Wildman–Crippen MR) is 129 cm³/mol. The van der Waals surface area contributed by atoms with Crippen molar-refractivity contribution in [3.8, 4) is 5.75 Å². The van der Waals surface area contributed by atoms with Crippen LogP contribution in [0.15, 0.2) is 54.7 Å². The second kappa shape index (κ2) is 9.69. The molecule has 2 heterocycles. The molecule has 3 N–H and O–H groups in total. The molecular weight excluding hydrogens is 432 g/mol. The van der Waals surface area contributed by atoms with Crippen LogP contribution in [0.1, 0.15) is 47.7 Å². The highest BCUT2D eigenvalue weighted by Crippen LogP contribution is 2.32. The third-order valence-electron chi connectivity index (χ3n) is 5.84. The second-order valence-electron chi connectivity index (χ2n) is 9.25. The van der Waals surface area contributed by atoms with Gasteiger partial charge in [-0.1, -0.05) is 36.4 Å². The molecule has 2 amide bonds. The Morgan fingerprint density at radius 3 is 2.74 bits per heavy atom. The van der Waals surface area contributed by atoms with Gasteiger partial charge in [-0.15, -0.1) is 0 Å². The number of nitrogens with one attached hydrogen (secondary N) is 2. The number of nitrogens with zero attached hydrogens (tertiary/aromatic N) is 2. The third-order valence-corrected chi connectivity index (χ3v) is 5.84. The van der Waals surface area contributed by atoms with Crippen molar-refractivity contribution in [3.05, 3.63) is 77.4 Å². The molecule has 0 saturated heterocycles. The van der Waals surface area contributed by atoms with E-state index >= 15 is 0 Å². The largest absolute Gasteiger partial charge is 0.489 e. The summed E-state index contributed by atoms with van der Waals surface area (Å²) in [6, 6.07) is 14.7. The van der Waals surface area contributed by atoms with Crippen LogP contribution in [0.4, 0.5) is 5.69 Å². The maximum absolute atomic E-state index is 13.1. The number of aromatic amines is 1. The van der Waals surface area contributed by atoms with E-state index in [1.165, 1.54) is 11.1 Å². The summed E-state index contributed by atoms with van der Waals surface area (Å²) in [5, 5.41) is 12.8. The van der Waals surface area contributed by atoms with Gasteiger partial charge >= 0.3 is 0 Å². The van der Waals surface area contributed by atoms with Gasteiger partial charge in [0.05, 0.1) is 17.5 Å². The Balaban J connectivity index is 1.42. The molecule has 8 heteroatoms. The van der Waals surface area contributed by atoms with E-state index < -0.39 is 17.6 Å². The van der Waals surface area contributed by atoms with Gasteiger partial charge in [-0.25, -0.2) is 4.98 Å². The lowest BCUT2D eigenvalue weighted by atomic mass is 9.98. The number of carbonyl (C=O) groups excluding carboxylic acids is 2. The molecule has 1 aliphatic rings. The maximum atomic E-state index is 13.1. The number of ether oxygens (including phenoxy) is 1. The summed E-state index contributed by atoms with van der Waals surface area (Å²) in [6.07, 6.45) is 3.32. The van der Waals surface area contributed by atoms with Gasteiger partial charge in [0.15, 0.2) is 0 Å². The zero-order chi connectivity index (χ0) is 24.3. The Morgan fingerprint density at radius 2 is 2.00 bits per heavy atom. The summed E-state index contributed by atoms with van der Waals surface area (Å²) in [5.74, 6) is 0.559. The average Bonchev–Trinajstić information content (AvgIpc) is 3.24. The van der Waals surface area contributed by atoms with Crippen LogP contribution in [0.2, 0.25) is 0 Å². The van der Waals surface area contributed by atoms with Crippen molar-refractivity contribution in [1.82, 2.24) is 15.3 Å². The number of imidazole rings is 1. The zero-order valence-electron chi connectivity index (χ0n) is 19.7. The highest BCUT2D eigenvalue weighted by atomic mass is 16.5. The molecule has 0 saturated carbocycles. The summed E-state index contributed by atoms with van der Waals surface area (Å²) < 4.78 is 5.87. The molecule has 4 rings (SSSR count). The molecule has 2 aromatic carbocycles. The summed E-state index contributed by atoms with van der Waals surface area (Å²) in [5.41, 5.74) is 2.24. The number of aromatic nitrogens is 2. The molecule has 178 valence electrons. The molecule has 0 bridgehead atoms. The third kappa shape index (κ3) is 5.63. The summed E-state index contributed by atoms with van der Waals surface area (Å²) >= 11 is 0. The number of aryl methyl sites for hydroxylation is 1. The summed E-state index contributed by atoms with van der Waals surface area (Å²) in [4.78, 5) is 34.8. The topological polar surface area (TPSA) is 108 Å². The molecule has 1 aliphatic heterocycles. The number of rotatable bonds is 7. The minimum absolute atomic E-state index is 0.0238. The van der Waals surface area contributed by atoms with E-state index in [4.69, 9.17) is 4.74 Å². The Labute approximate surface area is 199 Å². The Bertz CT molecular complexity index is 1170. The standard InChI is InChI=1S/C26H30N4O4/c1-26(2,33)12-11-18-9-10-22-21(13-18)30(3)25(32)20(16-34-22)29-24(31)19-15-27-23(28-19)14-17-7-5-4-6-8-17/h4-10,13,15,20,33H,11-12,14,16H2,1-3H3,(H,27,28)(H,29,31)/t20-/m0/s1. The number of likely N-dealkylation sites (N-methyl/N-ethyl adjacent to an activating group) is 1. The first-order valence-electron chi connectivity index (χ1n) is 11.3. The normalized spacial score (nSPS) is 15.9. The minimum Gasteiger partial charge on any atom is -0.489 e. The van der Waals surface area contributed by atoms with Gasteiger partial charge in [0, 0.05) is 13.5 Å². The van der Waals surface area contributed by atoms with Crippen LogP contribution in [0.3, 0.4) is 0 Å². The number of fused-ring (bicyclic) bond motifs is 1. The smallest absolute Gasteiger partial charge is 0.270 e. The number of amides is 2. The van der Waals surface area contributed by atoms with Gasteiger partial charge in [-0.3, -0.25) is 9.59 Å². The first-order chi connectivity index (χ1) is 16.2. The highest BCUT2D eigenvalue weighted by molar-refractivity contribution is 6.02. The van der Waals surface area contributed by atoms with E-state index in [0.717, 1.165) is 11.1 Å². The average molecular weight is 463 g/mol. The van der Waals surface area contributed by atoms with Gasteiger partial charge in [-0.2, -0.15) is 0 Å². The second-order valence-corrected chi connectivity index (χ2v) is 9.25. The molecule has 1 atom stereocenters. The quantitative estimate of drug-likeness (QED) is 0.501. The van der Waals surface area contributed by atoms with Crippen molar-refractivity contribution in [2.75, 3.05) is 18.6 Å². The van der Waals surface area contributed by atoms with Crippen LogP contribution in [-0.2, 0) is 17.6 Å². The maximum Gasteiger partial charge on any atom is 0.270 e. The van der Waals surface area contributed by atoms with Crippen molar-refractivity contribution < 1.29 is 19.4 Å². The molecular formula is C26H30N4O4. The van der Waals surface area contributed by atoms with E-state index in [1.807, 2.05) is 48.5 Å². The fraction of sp³-hybridized carbons (Fsp3) is 0.346. The van der Waals surface area contributed by atoms with Crippen molar-refractivity contribution in [2.45, 2.75) is 44.8 Å². The Kier molecular flexibility index (Phi) is 6.70. The van der Waals surface area contributed by atoms with Crippen molar-refractivity contribution in [2.24, 2.45) is 0 Å². The number of anilines is 1. The van der Waals surface area contributed by atoms with Gasteiger partial charge in [0.25, 0.3) is 11.8 Å². The lowest BCUT2D eigenvalue weighted by Crippen LogP contribution is -2.49. The van der Waals surface area contributed by atoms with E-state index in [0.29, 0.717) is 36.5 Å². The van der Waals surface area contributed by atoms with Crippen LogP contribution in [0.25, 0.3) is 0 Å². The van der Waals surface area contributed by atoms with Gasteiger partial charge in [0.2, 0.25) is 0 Å². The number of H-pyrrole nitrogens is 1. The lowest BCUT2D eigenvalue weighted by molar-refractivity contribution is -0.120. The Hall–Kier alpha value is -3.65. The molecule has 1 aromatic heterocycles. The molecule has 34 heavy (non-hydrogen) atoms. The molecule has 0 fully saturated rings. The molecule has 0 radical (unpaired) electrons. The van der Waals surface area contributed by atoms with Gasteiger partial charge in [0.1, 0.15) is 29.9 Å². The first-order valence-corrected chi connectivity index (χ1v) is 11.3. The summed E-state index contributed by atoms with van der Waals surface area (Å²) in [6.45, 7) is 3.57. The van der Waals surface area contributed by atoms with Gasteiger partial charge < -0.3 is 25.0 Å². The molecule has 3 aromatic rings. The zero-order valence-corrected chi connectivity index (χ0v) is 19.7. The SMILES string of the molecule is CN1C(=O)[C@@H](NC(=O)c2cnc(Cc3ccccc3)[nH]2)COc2ccc(CCC(C)(C)O)cc21. The number of benzene rings is 2. The fourth-order valence-electron chi connectivity index (χ4n) is 3.85. The summed E-state index contributed by atoms with van der Waals surface area (Å²) in [7, 11) is 1.67. The number of hydrogen-bond donors (Lipinski definition) is 3. The molecule has 8 nitrogen and oxygen atoms in total. The van der Waals surface area contributed by atoms with Crippen LogP contribution in [-0.4, -0.2) is 52.2 Å². The van der Waals surface area contributed by atoms with E-state index in [2.05, 4.69) is 15.3 Å².